The number of terminal acetylenes is 1. The van der Waals surface area contributed by atoms with Crippen LogP contribution in [0.3, 0.4) is 0 Å². The van der Waals surface area contributed by atoms with Gasteiger partial charge in [0.1, 0.15) is 0 Å². The van der Waals surface area contributed by atoms with Crippen molar-refractivity contribution in [3.05, 3.63) is 54.4 Å². The van der Waals surface area contributed by atoms with Crippen LogP contribution in [-0.2, 0) is 0 Å². The molecule has 0 amide bonds. The summed E-state index contributed by atoms with van der Waals surface area (Å²) < 4.78 is 0. The molecule has 1 atom stereocenters. The summed E-state index contributed by atoms with van der Waals surface area (Å²) in [6.07, 6.45) is 8.89. The quantitative estimate of drug-likeness (QED) is 0.825. The van der Waals surface area contributed by atoms with Gasteiger partial charge in [0.05, 0.1) is 6.54 Å². The SMILES string of the molecule is C#CCNC(C)c1ccc(-c2cccnc2)cc1. The molecule has 0 radical (unpaired) electrons. The molecule has 1 aromatic heterocycles. The van der Waals surface area contributed by atoms with Crippen LogP contribution in [0.15, 0.2) is 48.8 Å². The third-order valence-corrected chi connectivity index (χ3v) is 2.92. The van der Waals surface area contributed by atoms with Crippen LogP contribution in [0.5, 0.6) is 0 Å². The Balaban J connectivity index is 2.13. The van der Waals surface area contributed by atoms with Crippen molar-refractivity contribution in [3.8, 4) is 23.5 Å². The van der Waals surface area contributed by atoms with Crippen molar-refractivity contribution in [2.24, 2.45) is 0 Å². The zero-order chi connectivity index (χ0) is 12.8. The Morgan fingerprint density at radius 1 is 1.22 bits per heavy atom. The molecule has 0 saturated carbocycles. The fourth-order valence-electron chi connectivity index (χ4n) is 1.83. The highest BCUT2D eigenvalue weighted by Gasteiger charge is 2.04. The first-order chi connectivity index (χ1) is 8.81. The van der Waals surface area contributed by atoms with Gasteiger partial charge in [0.2, 0.25) is 0 Å². The summed E-state index contributed by atoms with van der Waals surface area (Å²) >= 11 is 0. The summed E-state index contributed by atoms with van der Waals surface area (Å²) in [4.78, 5) is 4.12. The van der Waals surface area contributed by atoms with Gasteiger partial charge in [-0.1, -0.05) is 36.3 Å². The van der Waals surface area contributed by atoms with Crippen molar-refractivity contribution in [3.63, 3.8) is 0 Å². The molecule has 1 unspecified atom stereocenters. The van der Waals surface area contributed by atoms with Crippen LogP contribution in [0.4, 0.5) is 0 Å². The van der Waals surface area contributed by atoms with E-state index in [0.717, 1.165) is 5.56 Å². The molecule has 1 heterocycles. The van der Waals surface area contributed by atoms with Crippen molar-refractivity contribution in [2.45, 2.75) is 13.0 Å². The van der Waals surface area contributed by atoms with E-state index in [-0.39, 0.29) is 6.04 Å². The van der Waals surface area contributed by atoms with E-state index >= 15 is 0 Å². The molecule has 18 heavy (non-hydrogen) atoms. The van der Waals surface area contributed by atoms with Gasteiger partial charge in [0, 0.05) is 18.4 Å². The third-order valence-electron chi connectivity index (χ3n) is 2.92. The second-order valence-corrected chi connectivity index (χ2v) is 4.17. The molecule has 2 rings (SSSR count). The number of nitrogens with zero attached hydrogens (tertiary/aromatic N) is 1. The molecule has 0 spiro atoms. The van der Waals surface area contributed by atoms with Gasteiger partial charge in [-0.25, -0.2) is 0 Å². The average molecular weight is 236 g/mol. The standard InChI is InChI=1S/C16H16N2/c1-3-10-18-13(2)14-6-8-15(9-7-14)16-5-4-11-17-12-16/h1,4-9,11-13,18H,10H2,2H3. The number of rotatable bonds is 4. The average Bonchev–Trinajstić information content (AvgIpc) is 2.46. The topological polar surface area (TPSA) is 24.9 Å². The molecular formula is C16H16N2. The van der Waals surface area contributed by atoms with Crippen molar-refractivity contribution >= 4 is 0 Å². The van der Waals surface area contributed by atoms with Gasteiger partial charge < -0.3 is 0 Å². The van der Waals surface area contributed by atoms with Gasteiger partial charge in [-0.3, -0.25) is 10.3 Å². The Morgan fingerprint density at radius 2 is 2.00 bits per heavy atom. The van der Waals surface area contributed by atoms with Gasteiger partial charge in [-0.15, -0.1) is 6.42 Å². The van der Waals surface area contributed by atoms with E-state index in [1.54, 1.807) is 6.20 Å². The van der Waals surface area contributed by atoms with Crippen LogP contribution < -0.4 is 5.32 Å². The predicted octanol–water partition coefficient (Wildman–Crippen LogP) is 3.03. The maximum atomic E-state index is 5.24. The zero-order valence-corrected chi connectivity index (χ0v) is 10.4. The first-order valence-electron chi connectivity index (χ1n) is 5.98. The molecule has 0 saturated heterocycles. The van der Waals surface area contributed by atoms with Crippen molar-refractivity contribution in [2.75, 3.05) is 6.54 Å². The Labute approximate surface area is 108 Å². The van der Waals surface area contributed by atoms with E-state index in [0.29, 0.717) is 6.54 Å². The number of pyridine rings is 1. The van der Waals surface area contributed by atoms with Gasteiger partial charge in [-0.05, 0) is 29.7 Å². The minimum atomic E-state index is 0.268. The Hall–Kier alpha value is -2.11. The van der Waals surface area contributed by atoms with Crippen LogP contribution in [0.2, 0.25) is 0 Å². The maximum absolute atomic E-state index is 5.24. The molecule has 1 aromatic carbocycles. The molecular weight excluding hydrogens is 220 g/mol. The predicted molar refractivity (Wildman–Crippen MR) is 74.9 cm³/mol. The fourth-order valence-corrected chi connectivity index (χ4v) is 1.83. The summed E-state index contributed by atoms with van der Waals surface area (Å²) in [5.74, 6) is 2.59. The lowest BCUT2D eigenvalue weighted by Gasteiger charge is -2.12. The molecule has 0 fully saturated rings. The lowest BCUT2D eigenvalue weighted by molar-refractivity contribution is 0.623. The molecule has 0 bridgehead atoms. The number of benzene rings is 1. The van der Waals surface area contributed by atoms with Gasteiger partial charge in [0.25, 0.3) is 0 Å². The molecule has 1 N–H and O–H groups in total. The first-order valence-corrected chi connectivity index (χ1v) is 5.98. The number of aromatic nitrogens is 1. The van der Waals surface area contributed by atoms with Crippen LogP contribution in [0, 0.1) is 12.3 Å². The smallest absolute Gasteiger partial charge is 0.0578 e. The maximum Gasteiger partial charge on any atom is 0.0578 e. The van der Waals surface area contributed by atoms with E-state index in [9.17, 15) is 0 Å². The minimum Gasteiger partial charge on any atom is -0.300 e. The highest BCUT2D eigenvalue weighted by atomic mass is 14.9. The zero-order valence-electron chi connectivity index (χ0n) is 10.4. The Kier molecular flexibility index (Phi) is 4.11. The fraction of sp³-hybridized carbons (Fsp3) is 0.188. The Morgan fingerprint density at radius 3 is 2.61 bits per heavy atom. The molecule has 2 aromatic rings. The van der Waals surface area contributed by atoms with Crippen molar-refractivity contribution in [1.29, 1.82) is 0 Å². The highest BCUT2D eigenvalue weighted by molar-refractivity contribution is 5.62. The largest absolute Gasteiger partial charge is 0.300 e. The summed E-state index contributed by atoms with van der Waals surface area (Å²) in [5.41, 5.74) is 3.54. The van der Waals surface area contributed by atoms with E-state index in [1.807, 2.05) is 12.3 Å². The van der Waals surface area contributed by atoms with E-state index in [2.05, 4.69) is 53.5 Å². The molecule has 0 aliphatic rings. The van der Waals surface area contributed by atoms with Crippen molar-refractivity contribution < 1.29 is 0 Å². The van der Waals surface area contributed by atoms with Crippen LogP contribution >= 0.6 is 0 Å². The number of hydrogen-bond acceptors (Lipinski definition) is 2. The van der Waals surface area contributed by atoms with Crippen LogP contribution in [0.1, 0.15) is 18.5 Å². The van der Waals surface area contributed by atoms with Gasteiger partial charge >= 0.3 is 0 Å². The first kappa shape index (κ1) is 12.3. The van der Waals surface area contributed by atoms with Gasteiger partial charge in [0.15, 0.2) is 0 Å². The monoisotopic (exact) mass is 236 g/mol. The molecule has 0 aliphatic heterocycles. The van der Waals surface area contributed by atoms with E-state index < -0.39 is 0 Å². The van der Waals surface area contributed by atoms with Gasteiger partial charge in [-0.2, -0.15) is 0 Å². The summed E-state index contributed by atoms with van der Waals surface area (Å²) in [6, 6.07) is 12.7. The van der Waals surface area contributed by atoms with Crippen molar-refractivity contribution in [1.82, 2.24) is 10.3 Å². The van der Waals surface area contributed by atoms with Crippen LogP contribution in [0.25, 0.3) is 11.1 Å². The second kappa shape index (κ2) is 6.00. The van der Waals surface area contributed by atoms with E-state index in [1.165, 1.54) is 11.1 Å². The Bertz CT molecular complexity index is 523. The number of hydrogen-bond donors (Lipinski definition) is 1. The molecule has 0 aliphatic carbocycles. The second-order valence-electron chi connectivity index (χ2n) is 4.17. The van der Waals surface area contributed by atoms with E-state index in [4.69, 9.17) is 6.42 Å². The van der Waals surface area contributed by atoms with Crippen LogP contribution in [-0.4, -0.2) is 11.5 Å². The summed E-state index contributed by atoms with van der Waals surface area (Å²) in [7, 11) is 0. The lowest BCUT2D eigenvalue weighted by Crippen LogP contribution is -2.18. The highest BCUT2D eigenvalue weighted by Crippen LogP contribution is 2.20. The number of nitrogens with one attached hydrogen (secondary N) is 1. The summed E-state index contributed by atoms with van der Waals surface area (Å²) in [6.45, 7) is 2.70. The third kappa shape index (κ3) is 2.97. The normalized spacial score (nSPS) is 11.8. The molecule has 90 valence electrons. The summed E-state index contributed by atoms with van der Waals surface area (Å²) in [5, 5.41) is 3.26. The lowest BCUT2D eigenvalue weighted by atomic mass is 10.0. The molecule has 2 nitrogen and oxygen atoms in total. The molecule has 2 heteroatoms. The minimum absolute atomic E-state index is 0.268.